The summed E-state index contributed by atoms with van der Waals surface area (Å²) in [7, 11) is 0. The molecule has 9 aromatic rings. The first-order chi connectivity index (χ1) is 27.0. The van der Waals surface area contributed by atoms with E-state index in [2.05, 4.69) is 207 Å². The first-order valence-electron chi connectivity index (χ1n) is 19.0. The van der Waals surface area contributed by atoms with Gasteiger partial charge in [0.25, 0.3) is 0 Å². The molecule has 0 radical (unpaired) electrons. The largest absolute Gasteiger partial charge is 0.310 e. The second-order valence-corrected chi connectivity index (χ2v) is 16.0. The van der Waals surface area contributed by atoms with Crippen molar-refractivity contribution in [1.82, 2.24) is 4.57 Å². The van der Waals surface area contributed by atoms with E-state index in [0.717, 1.165) is 44.9 Å². The Kier molecular flexibility index (Phi) is 7.76. The van der Waals surface area contributed by atoms with Crippen molar-refractivity contribution in [3.8, 4) is 27.9 Å². The molecule has 0 fully saturated rings. The zero-order valence-corrected chi connectivity index (χ0v) is 32.1. The van der Waals surface area contributed by atoms with Crippen LogP contribution in [-0.2, 0) is 5.41 Å². The van der Waals surface area contributed by atoms with Crippen LogP contribution in [0.2, 0.25) is 0 Å². The summed E-state index contributed by atoms with van der Waals surface area (Å²) < 4.78 is 5.00. The molecule has 55 heavy (non-hydrogen) atoms. The highest BCUT2D eigenvalue weighted by Gasteiger charge is 2.35. The molecule has 1 aliphatic carbocycles. The maximum absolute atomic E-state index is 4.31. The van der Waals surface area contributed by atoms with E-state index >= 15 is 0 Å². The minimum atomic E-state index is -0.116. The van der Waals surface area contributed by atoms with Crippen LogP contribution in [0.15, 0.2) is 170 Å². The lowest BCUT2D eigenvalue weighted by atomic mass is 9.82. The lowest BCUT2D eigenvalue weighted by molar-refractivity contribution is 0.660. The third-order valence-electron chi connectivity index (χ3n) is 11.5. The Morgan fingerprint density at radius 1 is 0.600 bits per heavy atom. The Labute approximate surface area is 326 Å². The summed E-state index contributed by atoms with van der Waals surface area (Å²) in [5.41, 5.74) is 15.6. The molecule has 0 bridgehead atoms. The molecule has 0 saturated heterocycles. The van der Waals surface area contributed by atoms with Gasteiger partial charge >= 0.3 is 0 Å². The number of hydrogen-bond acceptors (Lipinski definition) is 2. The van der Waals surface area contributed by atoms with Crippen molar-refractivity contribution in [2.45, 2.75) is 26.2 Å². The molecule has 7 aromatic carbocycles. The second-order valence-electron chi connectivity index (χ2n) is 14.9. The van der Waals surface area contributed by atoms with Crippen molar-refractivity contribution < 1.29 is 0 Å². The van der Waals surface area contributed by atoms with E-state index < -0.39 is 0 Å². The van der Waals surface area contributed by atoms with Crippen molar-refractivity contribution >= 4 is 71.6 Å². The molecule has 1 aliphatic rings. The van der Waals surface area contributed by atoms with Crippen molar-refractivity contribution in [2.24, 2.45) is 0 Å². The zero-order valence-electron chi connectivity index (χ0n) is 31.3. The van der Waals surface area contributed by atoms with E-state index in [-0.39, 0.29) is 5.41 Å². The molecular formula is C52H40N2S. The van der Waals surface area contributed by atoms with E-state index in [9.17, 15) is 0 Å². The van der Waals surface area contributed by atoms with E-state index in [1.54, 1.807) is 0 Å². The number of para-hydroxylation sites is 1. The first-order valence-corrected chi connectivity index (χ1v) is 19.8. The van der Waals surface area contributed by atoms with Crippen LogP contribution in [0.4, 0.5) is 17.1 Å². The van der Waals surface area contributed by atoms with E-state index in [1.165, 1.54) is 53.6 Å². The molecule has 0 N–H and O–H groups in total. The van der Waals surface area contributed by atoms with Gasteiger partial charge in [-0.15, -0.1) is 11.3 Å². The van der Waals surface area contributed by atoms with Crippen LogP contribution < -0.4 is 4.90 Å². The summed E-state index contributed by atoms with van der Waals surface area (Å²) in [6.45, 7) is 11.1. The van der Waals surface area contributed by atoms with Crippen molar-refractivity contribution in [3.05, 3.63) is 193 Å². The molecule has 0 amide bonds. The van der Waals surface area contributed by atoms with Crippen molar-refractivity contribution in [1.29, 1.82) is 0 Å². The van der Waals surface area contributed by atoms with Gasteiger partial charge in [-0.2, -0.15) is 0 Å². The quantitative estimate of drug-likeness (QED) is 0.159. The predicted molar refractivity (Wildman–Crippen MR) is 239 cm³/mol. The highest BCUT2D eigenvalue weighted by molar-refractivity contribution is 7.26. The first kappa shape index (κ1) is 33.2. The lowest BCUT2D eigenvalue weighted by Gasteiger charge is -2.28. The number of rotatable bonds is 7. The number of allylic oxidation sites excluding steroid dienone is 1. The van der Waals surface area contributed by atoms with E-state index in [4.69, 9.17) is 0 Å². The molecule has 0 saturated carbocycles. The fourth-order valence-corrected chi connectivity index (χ4v) is 10.1. The minimum absolute atomic E-state index is 0.116. The molecule has 0 spiro atoms. The SMILES string of the molecule is C=Cc1c(/C=C\C)n(-c2ccccc2)c2ccc(N(c3ccc(-c4cccc5c4sc4ccccc45)cc3)c3ccc4c(c3)C(C)(C)c3ccccc3-4)cc12. The Morgan fingerprint density at radius 2 is 1.27 bits per heavy atom. The van der Waals surface area contributed by atoms with Crippen LogP contribution in [0, 0.1) is 0 Å². The Balaban J connectivity index is 1.16. The number of hydrogen-bond donors (Lipinski definition) is 0. The van der Waals surface area contributed by atoms with Gasteiger partial charge in [0.15, 0.2) is 0 Å². The number of thiophene rings is 1. The van der Waals surface area contributed by atoms with E-state index in [1.807, 2.05) is 17.4 Å². The van der Waals surface area contributed by atoms with Gasteiger partial charge in [0.05, 0.1) is 11.2 Å². The van der Waals surface area contributed by atoms with Crippen LogP contribution in [0.5, 0.6) is 0 Å². The van der Waals surface area contributed by atoms with Gasteiger partial charge in [-0.1, -0.05) is 130 Å². The van der Waals surface area contributed by atoms with Crippen molar-refractivity contribution in [2.75, 3.05) is 4.90 Å². The topological polar surface area (TPSA) is 8.17 Å². The third-order valence-corrected chi connectivity index (χ3v) is 12.7. The van der Waals surface area contributed by atoms with Gasteiger partial charge in [-0.05, 0) is 107 Å². The summed E-state index contributed by atoms with van der Waals surface area (Å²) in [5.74, 6) is 0. The monoisotopic (exact) mass is 724 g/mol. The highest BCUT2D eigenvalue weighted by atomic mass is 32.1. The summed E-state index contributed by atoms with van der Waals surface area (Å²) >= 11 is 1.88. The van der Waals surface area contributed by atoms with Gasteiger partial charge in [-0.25, -0.2) is 0 Å². The Hall–Kier alpha value is -6.42. The number of fused-ring (bicyclic) bond motifs is 7. The molecule has 2 nitrogen and oxygen atoms in total. The van der Waals surface area contributed by atoms with Gasteiger partial charge in [0.1, 0.15) is 0 Å². The maximum Gasteiger partial charge on any atom is 0.0542 e. The average molecular weight is 725 g/mol. The minimum Gasteiger partial charge on any atom is -0.310 e. The van der Waals surface area contributed by atoms with Gasteiger partial charge < -0.3 is 9.47 Å². The second kappa shape index (κ2) is 12.9. The number of nitrogens with zero attached hydrogens (tertiary/aromatic N) is 2. The molecular weight excluding hydrogens is 685 g/mol. The molecule has 0 aliphatic heterocycles. The normalized spacial score (nSPS) is 13.1. The molecule has 264 valence electrons. The number of anilines is 3. The summed E-state index contributed by atoms with van der Waals surface area (Å²) in [4.78, 5) is 2.42. The zero-order chi connectivity index (χ0) is 37.3. The van der Waals surface area contributed by atoms with E-state index in [0.29, 0.717) is 0 Å². The van der Waals surface area contributed by atoms with Crippen LogP contribution in [0.25, 0.3) is 71.2 Å². The van der Waals surface area contributed by atoms with Crippen LogP contribution in [0.1, 0.15) is 43.2 Å². The number of aromatic nitrogens is 1. The average Bonchev–Trinajstić information content (AvgIpc) is 3.84. The van der Waals surface area contributed by atoms with Crippen molar-refractivity contribution in [3.63, 3.8) is 0 Å². The fourth-order valence-electron chi connectivity index (χ4n) is 8.90. The van der Waals surface area contributed by atoms with Crippen LogP contribution in [0.3, 0.4) is 0 Å². The summed E-state index contributed by atoms with van der Waals surface area (Å²) in [6, 6.07) is 58.0. The maximum atomic E-state index is 4.31. The fraction of sp³-hybridized carbons (Fsp3) is 0.0769. The molecule has 2 aromatic heterocycles. The molecule has 0 atom stereocenters. The van der Waals surface area contributed by atoms with Gasteiger partial charge in [0.2, 0.25) is 0 Å². The molecule has 3 heteroatoms. The number of benzene rings is 7. The van der Waals surface area contributed by atoms with Gasteiger partial charge in [-0.3, -0.25) is 0 Å². The molecule has 2 heterocycles. The third kappa shape index (κ3) is 5.15. The smallest absolute Gasteiger partial charge is 0.0542 e. The van der Waals surface area contributed by atoms with Crippen LogP contribution >= 0.6 is 11.3 Å². The lowest BCUT2D eigenvalue weighted by Crippen LogP contribution is -2.16. The highest BCUT2D eigenvalue weighted by Crippen LogP contribution is 2.51. The molecule has 10 rings (SSSR count). The summed E-state index contributed by atoms with van der Waals surface area (Å²) in [6.07, 6.45) is 6.31. The Morgan fingerprint density at radius 3 is 2.09 bits per heavy atom. The van der Waals surface area contributed by atoms with Gasteiger partial charge in [0, 0.05) is 59.3 Å². The standard InChI is InChI=1S/C52H40N2S/c1-5-15-48-39(6-2)45-32-37(29-31-49(45)54(48)35-16-8-7-9-17-35)53(38-28-30-42-41-18-10-12-22-46(41)52(3,4)47(42)33-38)36-26-24-34(25-27-36)40-20-14-21-44-43-19-11-13-23-50(43)55-51(40)44/h5-33H,2H2,1,3-4H3/b15-5-. The molecule has 0 unspecified atom stereocenters. The summed E-state index contributed by atoms with van der Waals surface area (Å²) in [5, 5.41) is 3.80. The Bertz CT molecular complexity index is 2970. The predicted octanol–water partition coefficient (Wildman–Crippen LogP) is 15.1. The van der Waals surface area contributed by atoms with Crippen LogP contribution in [-0.4, -0.2) is 4.57 Å².